The Labute approximate surface area is 123 Å². The van der Waals surface area contributed by atoms with E-state index in [4.69, 9.17) is 0 Å². The van der Waals surface area contributed by atoms with E-state index in [2.05, 4.69) is 15.6 Å². The standard InChI is InChI=1S/C16H20N4O/c1-2-20-14-6-3-11(9-13(14)18-19-20)15(21)17-10-16(7-8-16)12-4-5-12/h3,6,9,12H,2,4-5,7-8,10H2,1H3,(H,17,21). The van der Waals surface area contributed by atoms with Crippen LogP contribution in [0.3, 0.4) is 0 Å². The van der Waals surface area contributed by atoms with Crippen molar-refractivity contribution in [2.75, 3.05) is 6.54 Å². The predicted octanol–water partition coefficient (Wildman–Crippen LogP) is 2.37. The third-order valence-electron chi connectivity index (χ3n) is 5.01. The van der Waals surface area contributed by atoms with Crippen LogP contribution in [0.4, 0.5) is 0 Å². The zero-order chi connectivity index (χ0) is 14.4. The Morgan fingerprint density at radius 1 is 1.43 bits per heavy atom. The average molecular weight is 284 g/mol. The fourth-order valence-corrected chi connectivity index (χ4v) is 3.29. The van der Waals surface area contributed by atoms with Gasteiger partial charge < -0.3 is 5.32 Å². The molecule has 2 saturated carbocycles. The van der Waals surface area contributed by atoms with E-state index in [0.717, 1.165) is 30.0 Å². The lowest BCUT2D eigenvalue weighted by Crippen LogP contribution is -2.31. The summed E-state index contributed by atoms with van der Waals surface area (Å²) in [6, 6.07) is 5.63. The van der Waals surface area contributed by atoms with Gasteiger partial charge in [0.1, 0.15) is 5.52 Å². The number of benzene rings is 1. The van der Waals surface area contributed by atoms with Gasteiger partial charge in [0.15, 0.2) is 0 Å². The van der Waals surface area contributed by atoms with Crippen molar-refractivity contribution in [2.45, 2.75) is 39.2 Å². The lowest BCUT2D eigenvalue weighted by atomic mass is 10.0. The number of amides is 1. The predicted molar refractivity (Wildman–Crippen MR) is 79.9 cm³/mol. The Bertz CT molecular complexity index is 697. The van der Waals surface area contributed by atoms with E-state index in [1.54, 1.807) is 0 Å². The highest BCUT2D eigenvalue weighted by Gasteiger charge is 2.53. The molecule has 0 atom stereocenters. The van der Waals surface area contributed by atoms with Crippen molar-refractivity contribution in [3.05, 3.63) is 23.8 Å². The first-order valence-corrected chi connectivity index (χ1v) is 7.83. The highest BCUT2D eigenvalue weighted by Crippen LogP contribution is 2.60. The second-order valence-corrected chi connectivity index (χ2v) is 6.43. The molecule has 5 nitrogen and oxygen atoms in total. The zero-order valence-corrected chi connectivity index (χ0v) is 12.3. The normalized spacial score (nSPS) is 19.7. The van der Waals surface area contributed by atoms with Crippen LogP contribution in [-0.2, 0) is 6.54 Å². The molecule has 0 saturated heterocycles. The number of hydrogen-bond acceptors (Lipinski definition) is 3. The largest absolute Gasteiger partial charge is 0.351 e. The van der Waals surface area contributed by atoms with Gasteiger partial charge in [0, 0.05) is 18.7 Å². The fourth-order valence-electron chi connectivity index (χ4n) is 3.29. The number of rotatable bonds is 5. The highest BCUT2D eigenvalue weighted by molar-refractivity contribution is 5.97. The minimum Gasteiger partial charge on any atom is -0.351 e. The number of nitrogens with zero attached hydrogens (tertiary/aromatic N) is 3. The van der Waals surface area contributed by atoms with Crippen LogP contribution in [0.1, 0.15) is 43.0 Å². The van der Waals surface area contributed by atoms with Crippen molar-refractivity contribution >= 4 is 16.9 Å². The second-order valence-electron chi connectivity index (χ2n) is 6.43. The topological polar surface area (TPSA) is 59.8 Å². The van der Waals surface area contributed by atoms with Crippen LogP contribution in [0.2, 0.25) is 0 Å². The number of carbonyl (C=O) groups is 1. The summed E-state index contributed by atoms with van der Waals surface area (Å²) in [6.45, 7) is 3.64. The van der Waals surface area contributed by atoms with Crippen LogP contribution in [-0.4, -0.2) is 27.4 Å². The summed E-state index contributed by atoms with van der Waals surface area (Å²) < 4.78 is 1.84. The molecule has 21 heavy (non-hydrogen) atoms. The van der Waals surface area contributed by atoms with Crippen LogP contribution in [0.15, 0.2) is 18.2 Å². The summed E-state index contributed by atoms with van der Waals surface area (Å²) in [5, 5.41) is 11.3. The van der Waals surface area contributed by atoms with Crippen molar-refractivity contribution in [1.82, 2.24) is 20.3 Å². The van der Waals surface area contributed by atoms with Crippen LogP contribution in [0.25, 0.3) is 11.0 Å². The maximum Gasteiger partial charge on any atom is 0.251 e. The molecule has 5 heteroatoms. The van der Waals surface area contributed by atoms with Gasteiger partial charge in [-0.1, -0.05) is 5.21 Å². The van der Waals surface area contributed by atoms with Crippen LogP contribution >= 0.6 is 0 Å². The monoisotopic (exact) mass is 284 g/mol. The van der Waals surface area contributed by atoms with Gasteiger partial charge in [-0.25, -0.2) is 4.68 Å². The molecular weight excluding hydrogens is 264 g/mol. The molecular formula is C16H20N4O. The molecule has 4 rings (SSSR count). The van der Waals surface area contributed by atoms with Crippen LogP contribution < -0.4 is 5.32 Å². The minimum absolute atomic E-state index is 0.00914. The summed E-state index contributed by atoms with van der Waals surface area (Å²) in [5.74, 6) is 0.875. The molecule has 0 unspecified atom stereocenters. The first-order chi connectivity index (χ1) is 10.2. The van der Waals surface area contributed by atoms with E-state index >= 15 is 0 Å². The van der Waals surface area contributed by atoms with Crippen molar-refractivity contribution in [3.63, 3.8) is 0 Å². The summed E-state index contributed by atoms with van der Waals surface area (Å²) in [4.78, 5) is 12.3. The molecule has 2 aliphatic rings. The van der Waals surface area contributed by atoms with Gasteiger partial charge in [0.2, 0.25) is 0 Å². The van der Waals surface area contributed by atoms with Gasteiger partial charge in [-0.3, -0.25) is 4.79 Å². The Morgan fingerprint density at radius 3 is 2.90 bits per heavy atom. The SMILES string of the molecule is CCn1nnc2cc(C(=O)NCC3(C4CC4)CC3)ccc21. The van der Waals surface area contributed by atoms with Gasteiger partial charge in [0.05, 0.1) is 5.52 Å². The van der Waals surface area contributed by atoms with E-state index in [0.29, 0.717) is 11.0 Å². The van der Waals surface area contributed by atoms with Crippen molar-refractivity contribution in [2.24, 2.45) is 11.3 Å². The van der Waals surface area contributed by atoms with Gasteiger partial charge in [-0.15, -0.1) is 5.10 Å². The molecule has 110 valence electrons. The maximum atomic E-state index is 12.3. The molecule has 2 aromatic rings. The molecule has 2 fully saturated rings. The van der Waals surface area contributed by atoms with E-state index < -0.39 is 0 Å². The van der Waals surface area contributed by atoms with E-state index in [1.165, 1.54) is 25.7 Å². The third-order valence-corrected chi connectivity index (χ3v) is 5.01. The highest BCUT2D eigenvalue weighted by atomic mass is 16.1. The second kappa shape index (κ2) is 4.55. The van der Waals surface area contributed by atoms with Gasteiger partial charge in [-0.05, 0) is 62.1 Å². The van der Waals surface area contributed by atoms with Gasteiger partial charge in [-0.2, -0.15) is 0 Å². The number of aryl methyl sites for hydroxylation is 1. The molecule has 0 radical (unpaired) electrons. The Morgan fingerprint density at radius 2 is 2.24 bits per heavy atom. The first kappa shape index (κ1) is 12.8. The Balaban J connectivity index is 1.48. The smallest absolute Gasteiger partial charge is 0.251 e. The molecule has 0 aliphatic heterocycles. The van der Waals surface area contributed by atoms with Crippen molar-refractivity contribution in [1.29, 1.82) is 0 Å². The average Bonchev–Trinajstić information content (AvgIpc) is 3.40. The molecule has 0 spiro atoms. The number of carbonyl (C=O) groups excluding carboxylic acids is 1. The van der Waals surface area contributed by atoms with Crippen LogP contribution in [0.5, 0.6) is 0 Å². The number of aromatic nitrogens is 3. The summed E-state index contributed by atoms with van der Waals surface area (Å²) in [7, 11) is 0. The molecule has 1 N–H and O–H groups in total. The van der Waals surface area contributed by atoms with Crippen LogP contribution in [0, 0.1) is 11.3 Å². The van der Waals surface area contributed by atoms with E-state index in [-0.39, 0.29) is 5.91 Å². The molecule has 1 aromatic heterocycles. The number of hydrogen-bond donors (Lipinski definition) is 1. The van der Waals surface area contributed by atoms with E-state index in [9.17, 15) is 4.79 Å². The van der Waals surface area contributed by atoms with Gasteiger partial charge in [0.25, 0.3) is 5.91 Å². The lowest BCUT2D eigenvalue weighted by molar-refractivity contribution is 0.0942. The zero-order valence-electron chi connectivity index (χ0n) is 12.3. The maximum absolute atomic E-state index is 12.3. The van der Waals surface area contributed by atoms with Gasteiger partial charge >= 0.3 is 0 Å². The fraction of sp³-hybridized carbons (Fsp3) is 0.562. The summed E-state index contributed by atoms with van der Waals surface area (Å²) in [5.41, 5.74) is 2.88. The number of fused-ring (bicyclic) bond motifs is 1. The van der Waals surface area contributed by atoms with E-state index in [1.807, 2.05) is 29.8 Å². The minimum atomic E-state index is 0.00914. The Hall–Kier alpha value is -1.91. The molecule has 1 heterocycles. The molecule has 0 bridgehead atoms. The quantitative estimate of drug-likeness (QED) is 0.917. The Kier molecular flexibility index (Phi) is 2.77. The first-order valence-electron chi connectivity index (χ1n) is 7.83. The lowest BCUT2D eigenvalue weighted by Gasteiger charge is -2.14. The third kappa shape index (κ3) is 2.20. The van der Waals surface area contributed by atoms with Crippen molar-refractivity contribution in [3.8, 4) is 0 Å². The van der Waals surface area contributed by atoms with Crippen molar-refractivity contribution < 1.29 is 4.79 Å². The molecule has 1 aromatic carbocycles. The molecule has 1 amide bonds. The summed E-state index contributed by atoms with van der Waals surface area (Å²) in [6.07, 6.45) is 5.26. The summed E-state index contributed by atoms with van der Waals surface area (Å²) >= 11 is 0. The molecule has 2 aliphatic carbocycles. The number of nitrogens with one attached hydrogen (secondary N) is 1.